The maximum Gasteiger partial charge on any atom is 0.433 e. The zero-order valence-electron chi connectivity index (χ0n) is 9.40. The van der Waals surface area contributed by atoms with Crippen molar-refractivity contribution in [1.82, 2.24) is 4.98 Å². The molecule has 0 atom stereocenters. The lowest BCUT2D eigenvalue weighted by Crippen LogP contribution is -2.08. The standard InChI is InChI=1S/C12H4Cl4F3N/c13-6-3-7(11(16)8(14)4-6)5-1-9(12(17,18)19)20-10(15)2-5/h1-4H. The van der Waals surface area contributed by atoms with Crippen LogP contribution >= 0.6 is 46.4 Å². The zero-order valence-corrected chi connectivity index (χ0v) is 12.4. The summed E-state index contributed by atoms with van der Waals surface area (Å²) in [7, 11) is 0. The van der Waals surface area contributed by atoms with E-state index in [-0.39, 0.29) is 31.3 Å². The van der Waals surface area contributed by atoms with Gasteiger partial charge in [0.15, 0.2) is 0 Å². The molecule has 8 heteroatoms. The van der Waals surface area contributed by atoms with Crippen molar-refractivity contribution in [3.8, 4) is 11.1 Å². The van der Waals surface area contributed by atoms with Crippen LogP contribution in [0.3, 0.4) is 0 Å². The molecule has 1 nitrogen and oxygen atoms in total. The number of rotatable bonds is 1. The zero-order chi connectivity index (χ0) is 15.1. The van der Waals surface area contributed by atoms with E-state index in [1.54, 1.807) is 0 Å². The molecule has 1 heterocycles. The Kier molecular flexibility index (Phi) is 4.40. The number of benzene rings is 1. The predicted octanol–water partition coefficient (Wildman–Crippen LogP) is 6.38. The lowest BCUT2D eigenvalue weighted by Gasteiger charge is -2.11. The molecule has 0 N–H and O–H groups in total. The van der Waals surface area contributed by atoms with E-state index in [2.05, 4.69) is 4.98 Å². The molecule has 0 amide bonds. The van der Waals surface area contributed by atoms with Crippen LogP contribution in [0.5, 0.6) is 0 Å². The molecule has 1 aromatic carbocycles. The Morgan fingerprint density at radius 2 is 1.55 bits per heavy atom. The van der Waals surface area contributed by atoms with Crippen molar-refractivity contribution in [3.63, 3.8) is 0 Å². The molecule has 0 fully saturated rings. The lowest BCUT2D eigenvalue weighted by molar-refractivity contribution is -0.141. The Labute approximate surface area is 132 Å². The summed E-state index contributed by atoms with van der Waals surface area (Å²) in [5, 5.41) is 0.167. The molecule has 0 aliphatic heterocycles. The fourth-order valence-electron chi connectivity index (χ4n) is 1.56. The van der Waals surface area contributed by atoms with Crippen molar-refractivity contribution in [1.29, 1.82) is 0 Å². The second-order valence-electron chi connectivity index (χ2n) is 3.81. The van der Waals surface area contributed by atoms with Crippen LogP contribution in [0.2, 0.25) is 20.2 Å². The normalized spacial score (nSPS) is 11.8. The molecule has 0 saturated heterocycles. The first kappa shape index (κ1) is 15.7. The first-order chi connectivity index (χ1) is 9.18. The largest absolute Gasteiger partial charge is 0.433 e. The van der Waals surface area contributed by atoms with E-state index in [4.69, 9.17) is 46.4 Å². The Morgan fingerprint density at radius 1 is 0.900 bits per heavy atom. The van der Waals surface area contributed by atoms with E-state index in [9.17, 15) is 13.2 Å². The highest BCUT2D eigenvalue weighted by Crippen LogP contribution is 2.39. The Bertz CT molecular complexity index is 670. The number of hydrogen-bond donors (Lipinski definition) is 0. The number of pyridine rings is 1. The summed E-state index contributed by atoms with van der Waals surface area (Å²) >= 11 is 23.3. The molecule has 0 aliphatic carbocycles. The van der Waals surface area contributed by atoms with Crippen molar-refractivity contribution < 1.29 is 13.2 Å². The fourth-order valence-corrected chi connectivity index (χ4v) is 2.48. The summed E-state index contributed by atoms with van der Waals surface area (Å²) in [4.78, 5) is 3.24. The minimum absolute atomic E-state index is 0.0893. The van der Waals surface area contributed by atoms with Crippen molar-refractivity contribution in [2.24, 2.45) is 0 Å². The molecule has 0 spiro atoms. The third-order valence-electron chi connectivity index (χ3n) is 2.39. The topological polar surface area (TPSA) is 12.9 Å². The third kappa shape index (κ3) is 3.31. The molecule has 0 bridgehead atoms. The molecule has 0 aliphatic rings. The SMILES string of the molecule is FC(F)(F)c1cc(-c2cc(Cl)cc(Cl)c2Cl)cc(Cl)n1. The quantitative estimate of drug-likeness (QED) is 0.424. The maximum atomic E-state index is 12.7. The maximum absolute atomic E-state index is 12.7. The summed E-state index contributed by atoms with van der Waals surface area (Å²) in [5.74, 6) is 0. The van der Waals surface area contributed by atoms with Gasteiger partial charge in [-0.1, -0.05) is 46.4 Å². The highest BCUT2D eigenvalue weighted by molar-refractivity contribution is 6.45. The number of halogens is 7. The summed E-state index contributed by atoms with van der Waals surface area (Å²) in [5.41, 5.74) is -0.738. The van der Waals surface area contributed by atoms with E-state index in [0.29, 0.717) is 0 Å². The molecule has 0 radical (unpaired) electrons. The van der Waals surface area contributed by atoms with Gasteiger partial charge in [-0.3, -0.25) is 0 Å². The van der Waals surface area contributed by atoms with Crippen LogP contribution < -0.4 is 0 Å². The molecule has 1 aromatic heterocycles. The van der Waals surface area contributed by atoms with Crippen molar-refractivity contribution in [2.45, 2.75) is 6.18 Å². The van der Waals surface area contributed by atoms with Gasteiger partial charge in [-0.05, 0) is 29.8 Å². The van der Waals surface area contributed by atoms with E-state index in [0.717, 1.165) is 6.07 Å². The number of alkyl halides is 3. The first-order valence-corrected chi connectivity index (χ1v) is 6.59. The molecule has 0 saturated carbocycles. The van der Waals surface area contributed by atoms with Gasteiger partial charge in [0.1, 0.15) is 10.8 Å². The third-order valence-corrected chi connectivity index (χ3v) is 3.60. The molecule has 106 valence electrons. The summed E-state index contributed by atoms with van der Waals surface area (Å²) in [6.07, 6.45) is -4.62. The smallest absolute Gasteiger partial charge is 0.232 e. The number of aromatic nitrogens is 1. The van der Waals surface area contributed by atoms with Crippen LogP contribution in [0.4, 0.5) is 13.2 Å². The van der Waals surface area contributed by atoms with Crippen LogP contribution in [0.1, 0.15) is 5.69 Å². The van der Waals surface area contributed by atoms with Crippen molar-refractivity contribution in [2.75, 3.05) is 0 Å². The number of nitrogens with zero attached hydrogens (tertiary/aromatic N) is 1. The predicted molar refractivity (Wildman–Crippen MR) is 74.7 cm³/mol. The molecule has 20 heavy (non-hydrogen) atoms. The summed E-state index contributed by atoms with van der Waals surface area (Å²) in [6.45, 7) is 0. The lowest BCUT2D eigenvalue weighted by atomic mass is 10.1. The average molecular weight is 361 g/mol. The molecule has 2 aromatic rings. The highest BCUT2D eigenvalue weighted by Gasteiger charge is 2.33. The second-order valence-corrected chi connectivity index (χ2v) is 5.42. The van der Waals surface area contributed by atoms with E-state index < -0.39 is 11.9 Å². The van der Waals surface area contributed by atoms with Gasteiger partial charge in [-0.25, -0.2) is 4.98 Å². The van der Waals surface area contributed by atoms with Crippen molar-refractivity contribution in [3.05, 3.63) is 50.2 Å². The van der Waals surface area contributed by atoms with Gasteiger partial charge in [0.05, 0.1) is 10.0 Å². The Morgan fingerprint density at radius 3 is 2.15 bits per heavy atom. The second kappa shape index (κ2) is 5.60. The average Bonchev–Trinajstić information content (AvgIpc) is 2.32. The molecular formula is C12H4Cl4F3N. The highest BCUT2D eigenvalue weighted by atomic mass is 35.5. The van der Waals surface area contributed by atoms with E-state index in [1.165, 1.54) is 18.2 Å². The molecule has 0 unspecified atom stereocenters. The van der Waals surface area contributed by atoms with Gasteiger partial charge in [0.25, 0.3) is 0 Å². The van der Waals surface area contributed by atoms with Crippen LogP contribution in [0.25, 0.3) is 11.1 Å². The van der Waals surface area contributed by atoms with Crippen LogP contribution in [0.15, 0.2) is 24.3 Å². The van der Waals surface area contributed by atoms with Gasteiger partial charge < -0.3 is 0 Å². The molecule has 2 rings (SSSR count). The van der Waals surface area contributed by atoms with Gasteiger partial charge >= 0.3 is 6.18 Å². The monoisotopic (exact) mass is 359 g/mol. The van der Waals surface area contributed by atoms with E-state index >= 15 is 0 Å². The van der Waals surface area contributed by atoms with Crippen LogP contribution in [0, 0.1) is 0 Å². The minimum Gasteiger partial charge on any atom is -0.232 e. The molecular weight excluding hydrogens is 357 g/mol. The fraction of sp³-hybridized carbons (Fsp3) is 0.0833. The number of hydrogen-bond acceptors (Lipinski definition) is 1. The van der Waals surface area contributed by atoms with Gasteiger partial charge in [0.2, 0.25) is 0 Å². The minimum atomic E-state index is -4.62. The van der Waals surface area contributed by atoms with E-state index in [1.807, 2.05) is 0 Å². The van der Waals surface area contributed by atoms with Crippen LogP contribution in [-0.2, 0) is 6.18 Å². The van der Waals surface area contributed by atoms with Gasteiger partial charge in [-0.2, -0.15) is 13.2 Å². The summed E-state index contributed by atoms with van der Waals surface area (Å²) in [6, 6.07) is 4.88. The Balaban J connectivity index is 2.68. The van der Waals surface area contributed by atoms with Crippen LogP contribution in [-0.4, -0.2) is 4.98 Å². The van der Waals surface area contributed by atoms with Gasteiger partial charge in [0, 0.05) is 10.6 Å². The van der Waals surface area contributed by atoms with Crippen molar-refractivity contribution >= 4 is 46.4 Å². The first-order valence-electron chi connectivity index (χ1n) is 5.08. The Hall–Kier alpha value is -0.680. The summed E-state index contributed by atoms with van der Waals surface area (Å²) < 4.78 is 38.1. The van der Waals surface area contributed by atoms with Gasteiger partial charge in [-0.15, -0.1) is 0 Å².